The van der Waals surface area contributed by atoms with Gasteiger partial charge in [0.25, 0.3) is 0 Å². The highest BCUT2D eigenvalue weighted by molar-refractivity contribution is 5.66. The van der Waals surface area contributed by atoms with Gasteiger partial charge in [0.2, 0.25) is 0 Å². The van der Waals surface area contributed by atoms with E-state index in [2.05, 4.69) is 19.9 Å². The molecule has 0 aromatic rings. The number of allylic oxidation sites excluding steroid dienone is 1. The Balaban J connectivity index is 2.62. The van der Waals surface area contributed by atoms with Gasteiger partial charge in [-0.3, -0.25) is 4.79 Å². The van der Waals surface area contributed by atoms with Crippen LogP contribution in [0.1, 0.15) is 40.5 Å². The number of hydrogen-bond donors (Lipinski definition) is 0. The van der Waals surface area contributed by atoms with E-state index in [1.54, 1.807) is 0 Å². The molecule has 0 bridgehead atoms. The number of carbonyl (C=O) groups is 1. The first-order valence-electron chi connectivity index (χ1n) is 5.32. The lowest BCUT2D eigenvalue weighted by molar-refractivity contribution is -0.152. The van der Waals surface area contributed by atoms with Gasteiger partial charge >= 0.3 is 5.97 Å². The van der Waals surface area contributed by atoms with E-state index in [1.165, 1.54) is 6.92 Å². The molecule has 1 rings (SSSR count). The zero-order chi connectivity index (χ0) is 10.8. The molecule has 0 N–H and O–H groups in total. The lowest BCUT2D eigenvalue weighted by Crippen LogP contribution is -2.32. The molecule has 0 spiro atoms. The molecule has 0 heterocycles. The molecule has 0 unspecified atom stereocenters. The van der Waals surface area contributed by atoms with Gasteiger partial charge in [-0.1, -0.05) is 19.9 Å². The van der Waals surface area contributed by atoms with Gasteiger partial charge in [-0.15, -0.1) is 0 Å². The Morgan fingerprint density at radius 1 is 1.57 bits per heavy atom. The Morgan fingerprint density at radius 3 is 2.57 bits per heavy atom. The maximum absolute atomic E-state index is 10.9. The van der Waals surface area contributed by atoms with E-state index in [0.717, 1.165) is 12.8 Å². The van der Waals surface area contributed by atoms with E-state index in [-0.39, 0.29) is 11.6 Å². The summed E-state index contributed by atoms with van der Waals surface area (Å²) in [6, 6.07) is 0. The summed E-state index contributed by atoms with van der Waals surface area (Å²) in [6.45, 7) is 7.89. The molecule has 2 nitrogen and oxygen atoms in total. The minimum atomic E-state index is -0.364. The number of esters is 1. The highest BCUT2D eigenvalue weighted by atomic mass is 16.6. The maximum Gasteiger partial charge on any atom is 0.303 e. The van der Waals surface area contributed by atoms with Crippen LogP contribution in [0.3, 0.4) is 0 Å². The number of ether oxygens (including phenoxy) is 1. The Kier molecular flexibility index (Phi) is 3.35. The van der Waals surface area contributed by atoms with Crippen LogP contribution in [0.15, 0.2) is 12.2 Å². The van der Waals surface area contributed by atoms with Crippen molar-refractivity contribution in [2.75, 3.05) is 0 Å². The second kappa shape index (κ2) is 4.16. The quantitative estimate of drug-likeness (QED) is 0.501. The smallest absolute Gasteiger partial charge is 0.303 e. The molecule has 0 fully saturated rings. The van der Waals surface area contributed by atoms with E-state index >= 15 is 0 Å². The number of rotatable bonds is 2. The molecule has 2 heteroatoms. The molecule has 14 heavy (non-hydrogen) atoms. The first-order chi connectivity index (χ1) is 6.43. The summed E-state index contributed by atoms with van der Waals surface area (Å²) >= 11 is 0. The van der Waals surface area contributed by atoms with Crippen molar-refractivity contribution >= 4 is 5.97 Å². The number of carbonyl (C=O) groups excluding carboxylic acids is 1. The van der Waals surface area contributed by atoms with Crippen LogP contribution < -0.4 is 0 Å². The minimum Gasteiger partial charge on any atom is -0.455 e. The normalized spacial score (nSPS) is 31.9. The van der Waals surface area contributed by atoms with Crippen molar-refractivity contribution in [3.05, 3.63) is 12.2 Å². The molecule has 1 aliphatic rings. The fraction of sp³-hybridized carbons (Fsp3) is 0.750. The summed E-state index contributed by atoms with van der Waals surface area (Å²) < 4.78 is 5.28. The maximum atomic E-state index is 10.9. The Morgan fingerprint density at radius 2 is 2.21 bits per heavy atom. The van der Waals surface area contributed by atoms with E-state index in [9.17, 15) is 4.79 Å². The standard InChI is InChI=1S/C12H20O2/c1-9(2)11-5-7-12(4,8-6-11)14-10(3)13/h5,7,9,11H,6,8H2,1-4H3/t11-,12-/m1/s1. The van der Waals surface area contributed by atoms with Crippen LogP contribution in [0.2, 0.25) is 0 Å². The third kappa shape index (κ3) is 2.86. The first kappa shape index (κ1) is 11.3. The predicted molar refractivity (Wildman–Crippen MR) is 56.9 cm³/mol. The molecule has 2 atom stereocenters. The summed E-state index contributed by atoms with van der Waals surface area (Å²) in [5, 5.41) is 0. The summed E-state index contributed by atoms with van der Waals surface area (Å²) in [5.74, 6) is 1.12. The SMILES string of the molecule is CC(=O)O[C@]1(C)C=C[C@@H](C(C)C)CC1. The van der Waals surface area contributed by atoms with Gasteiger partial charge < -0.3 is 4.74 Å². The van der Waals surface area contributed by atoms with Crippen molar-refractivity contribution in [2.24, 2.45) is 11.8 Å². The van der Waals surface area contributed by atoms with Crippen molar-refractivity contribution in [1.29, 1.82) is 0 Å². The second-order valence-corrected chi connectivity index (χ2v) is 4.71. The number of hydrogen-bond acceptors (Lipinski definition) is 2. The monoisotopic (exact) mass is 196 g/mol. The Hall–Kier alpha value is -0.790. The van der Waals surface area contributed by atoms with Gasteiger partial charge in [-0.2, -0.15) is 0 Å². The van der Waals surface area contributed by atoms with Gasteiger partial charge in [-0.05, 0) is 37.7 Å². The highest BCUT2D eigenvalue weighted by Crippen LogP contribution is 2.32. The van der Waals surface area contributed by atoms with Crippen molar-refractivity contribution in [1.82, 2.24) is 0 Å². The molecule has 0 aromatic heterocycles. The van der Waals surface area contributed by atoms with Crippen molar-refractivity contribution in [3.63, 3.8) is 0 Å². The molecule has 1 aliphatic carbocycles. The summed E-state index contributed by atoms with van der Waals surface area (Å²) in [4.78, 5) is 10.9. The van der Waals surface area contributed by atoms with E-state index in [0.29, 0.717) is 11.8 Å². The molecular weight excluding hydrogens is 176 g/mol. The molecule has 0 aromatic carbocycles. The first-order valence-corrected chi connectivity index (χ1v) is 5.32. The molecule has 0 amide bonds. The van der Waals surface area contributed by atoms with Crippen molar-refractivity contribution in [2.45, 2.75) is 46.1 Å². The molecular formula is C12H20O2. The lowest BCUT2D eigenvalue weighted by Gasteiger charge is -2.32. The average Bonchev–Trinajstić information content (AvgIpc) is 2.02. The third-order valence-electron chi connectivity index (χ3n) is 2.90. The molecule has 0 aliphatic heterocycles. The highest BCUT2D eigenvalue weighted by Gasteiger charge is 2.29. The van der Waals surface area contributed by atoms with Crippen LogP contribution in [-0.2, 0) is 9.53 Å². The summed E-state index contributed by atoms with van der Waals surface area (Å²) in [5.41, 5.74) is -0.364. The van der Waals surface area contributed by atoms with E-state index < -0.39 is 0 Å². The second-order valence-electron chi connectivity index (χ2n) is 4.71. The van der Waals surface area contributed by atoms with Crippen LogP contribution in [-0.4, -0.2) is 11.6 Å². The third-order valence-corrected chi connectivity index (χ3v) is 2.90. The van der Waals surface area contributed by atoms with Crippen LogP contribution in [0.4, 0.5) is 0 Å². The molecule has 0 radical (unpaired) electrons. The fourth-order valence-electron chi connectivity index (χ4n) is 1.93. The Bertz CT molecular complexity index is 243. The van der Waals surface area contributed by atoms with Gasteiger partial charge in [0.1, 0.15) is 5.60 Å². The van der Waals surface area contributed by atoms with Crippen LogP contribution >= 0.6 is 0 Å². The minimum absolute atomic E-state index is 0.194. The molecule has 0 saturated heterocycles. The predicted octanol–water partition coefficient (Wildman–Crippen LogP) is 2.93. The average molecular weight is 196 g/mol. The topological polar surface area (TPSA) is 26.3 Å². The van der Waals surface area contributed by atoms with Crippen LogP contribution in [0.25, 0.3) is 0 Å². The summed E-state index contributed by atoms with van der Waals surface area (Å²) in [7, 11) is 0. The molecule has 80 valence electrons. The van der Waals surface area contributed by atoms with E-state index in [1.807, 2.05) is 13.0 Å². The van der Waals surface area contributed by atoms with Gasteiger partial charge in [0.15, 0.2) is 0 Å². The summed E-state index contributed by atoms with van der Waals surface area (Å²) in [6.07, 6.45) is 6.28. The van der Waals surface area contributed by atoms with Crippen molar-refractivity contribution < 1.29 is 9.53 Å². The lowest BCUT2D eigenvalue weighted by atomic mass is 9.81. The van der Waals surface area contributed by atoms with Gasteiger partial charge in [0.05, 0.1) is 0 Å². The largest absolute Gasteiger partial charge is 0.455 e. The molecule has 0 saturated carbocycles. The van der Waals surface area contributed by atoms with Crippen LogP contribution in [0.5, 0.6) is 0 Å². The van der Waals surface area contributed by atoms with Gasteiger partial charge in [-0.25, -0.2) is 0 Å². The van der Waals surface area contributed by atoms with Gasteiger partial charge in [0, 0.05) is 6.92 Å². The van der Waals surface area contributed by atoms with Crippen LogP contribution in [0, 0.1) is 11.8 Å². The fourth-order valence-corrected chi connectivity index (χ4v) is 1.93. The Labute approximate surface area is 86.3 Å². The zero-order valence-electron chi connectivity index (χ0n) is 9.54. The zero-order valence-corrected chi connectivity index (χ0v) is 9.54. The van der Waals surface area contributed by atoms with E-state index in [4.69, 9.17) is 4.74 Å². The van der Waals surface area contributed by atoms with Crippen molar-refractivity contribution in [3.8, 4) is 0 Å².